The van der Waals surface area contributed by atoms with Crippen molar-refractivity contribution in [1.82, 2.24) is 5.48 Å². The van der Waals surface area contributed by atoms with Crippen LogP contribution in [0.25, 0.3) is 0 Å². The molecular weight excluding hydrogens is 230 g/mol. The molecule has 1 aromatic rings. The first-order chi connectivity index (χ1) is 8.77. The number of amides is 1. The van der Waals surface area contributed by atoms with Crippen LogP contribution in [0, 0.1) is 0 Å². The largest absolute Gasteiger partial charge is 0.376 e. The molecule has 2 N–H and O–H groups in total. The number of nitrogens with one attached hydrogen (secondary N) is 1. The summed E-state index contributed by atoms with van der Waals surface area (Å²) in [6, 6.07) is 9.92. The van der Waals surface area contributed by atoms with Gasteiger partial charge >= 0.3 is 0 Å². The van der Waals surface area contributed by atoms with E-state index in [2.05, 4.69) is 0 Å². The highest BCUT2D eigenvalue weighted by Crippen LogP contribution is 2.20. The molecule has 0 spiro atoms. The Labute approximate surface area is 107 Å². The molecule has 1 atom stereocenters. The summed E-state index contributed by atoms with van der Waals surface area (Å²) in [7, 11) is 1.67. The third kappa shape index (κ3) is 4.95. The van der Waals surface area contributed by atoms with Gasteiger partial charge < -0.3 is 4.74 Å². The smallest absolute Gasteiger partial charge is 0.267 e. The first-order valence-corrected chi connectivity index (χ1v) is 5.63. The van der Waals surface area contributed by atoms with Crippen LogP contribution >= 0.6 is 0 Å². The Kier molecular flexibility index (Phi) is 6.46. The van der Waals surface area contributed by atoms with Crippen molar-refractivity contribution < 1.29 is 14.7 Å². The lowest BCUT2D eigenvalue weighted by Gasteiger charge is -2.13. The first kappa shape index (κ1) is 14.2. The highest BCUT2D eigenvalue weighted by molar-refractivity contribution is 5.86. The quantitative estimate of drug-likeness (QED) is 0.351. The third-order valence-corrected chi connectivity index (χ3v) is 2.41. The van der Waals surface area contributed by atoms with Crippen LogP contribution in [0.2, 0.25) is 0 Å². The SMILES string of the molecule is COC(C/C=C/C=C/C(=O)NO)c1ccccc1. The number of rotatable bonds is 6. The summed E-state index contributed by atoms with van der Waals surface area (Å²) in [4.78, 5) is 10.7. The van der Waals surface area contributed by atoms with Crippen LogP contribution in [0.15, 0.2) is 54.6 Å². The summed E-state index contributed by atoms with van der Waals surface area (Å²) in [6.45, 7) is 0. The molecule has 0 saturated heterocycles. The summed E-state index contributed by atoms with van der Waals surface area (Å²) in [5.74, 6) is -0.550. The van der Waals surface area contributed by atoms with Crippen LogP contribution in [0.4, 0.5) is 0 Å². The van der Waals surface area contributed by atoms with Crippen molar-refractivity contribution in [3.63, 3.8) is 0 Å². The Bertz CT molecular complexity index is 412. The van der Waals surface area contributed by atoms with Gasteiger partial charge in [0.1, 0.15) is 0 Å². The van der Waals surface area contributed by atoms with E-state index in [1.54, 1.807) is 19.3 Å². The number of allylic oxidation sites excluding steroid dienone is 2. The predicted octanol–water partition coefficient (Wildman–Crippen LogP) is 2.38. The Morgan fingerprint density at radius 2 is 2.11 bits per heavy atom. The zero-order valence-electron chi connectivity index (χ0n) is 10.2. The molecule has 0 heterocycles. The number of ether oxygens (including phenoxy) is 1. The molecule has 0 aliphatic rings. The van der Waals surface area contributed by atoms with Gasteiger partial charge in [0.25, 0.3) is 5.91 Å². The second-order valence-corrected chi connectivity index (χ2v) is 3.63. The van der Waals surface area contributed by atoms with Crippen LogP contribution < -0.4 is 5.48 Å². The van der Waals surface area contributed by atoms with Crippen LogP contribution in [-0.4, -0.2) is 18.2 Å². The summed E-state index contributed by atoms with van der Waals surface area (Å²) in [6.07, 6.45) is 7.16. The molecule has 18 heavy (non-hydrogen) atoms. The van der Waals surface area contributed by atoms with E-state index >= 15 is 0 Å². The molecule has 4 heteroatoms. The van der Waals surface area contributed by atoms with Crippen LogP contribution in [0.5, 0.6) is 0 Å². The molecular formula is C14H17NO3. The van der Waals surface area contributed by atoms with Crippen molar-refractivity contribution in [1.29, 1.82) is 0 Å². The molecule has 4 nitrogen and oxygen atoms in total. The minimum absolute atomic E-state index is 0.00233. The molecule has 0 bridgehead atoms. The summed E-state index contributed by atoms with van der Waals surface area (Å²) in [5, 5.41) is 8.27. The maximum atomic E-state index is 10.7. The Morgan fingerprint density at radius 3 is 2.72 bits per heavy atom. The van der Waals surface area contributed by atoms with Crippen molar-refractivity contribution in [3.8, 4) is 0 Å². The van der Waals surface area contributed by atoms with Gasteiger partial charge in [-0.15, -0.1) is 0 Å². The fourth-order valence-electron chi connectivity index (χ4n) is 1.50. The van der Waals surface area contributed by atoms with Gasteiger partial charge in [-0.1, -0.05) is 48.6 Å². The highest BCUT2D eigenvalue weighted by atomic mass is 16.5. The molecule has 0 saturated carbocycles. The van der Waals surface area contributed by atoms with Crippen molar-refractivity contribution in [2.75, 3.05) is 7.11 Å². The maximum absolute atomic E-state index is 10.7. The van der Waals surface area contributed by atoms with E-state index in [4.69, 9.17) is 9.94 Å². The molecule has 1 unspecified atom stereocenters. The van der Waals surface area contributed by atoms with Gasteiger partial charge in [0, 0.05) is 13.2 Å². The molecule has 1 amide bonds. The van der Waals surface area contributed by atoms with Crippen LogP contribution in [0.3, 0.4) is 0 Å². The molecule has 1 rings (SSSR count). The monoisotopic (exact) mass is 247 g/mol. The molecule has 1 aromatic carbocycles. The van der Waals surface area contributed by atoms with E-state index in [0.717, 1.165) is 5.56 Å². The van der Waals surface area contributed by atoms with Gasteiger partial charge in [-0.25, -0.2) is 5.48 Å². The summed E-state index contributed by atoms with van der Waals surface area (Å²) < 4.78 is 5.39. The van der Waals surface area contributed by atoms with E-state index < -0.39 is 5.91 Å². The zero-order chi connectivity index (χ0) is 13.2. The predicted molar refractivity (Wildman–Crippen MR) is 69.0 cm³/mol. The van der Waals surface area contributed by atoms with Crippen molar-refractivity contribution >= 4 is 5.91 Å². The molecule has 0 fully saturated rings. The molecule has 0 aliphatic carbocycles. The number of carbonyl (C=O) groups excluding carboxylic acids is 1. The topological polar surface area (TPSA) is 58.6 Å². The Hall–Kier alpha value is -1.91. The van der Waals surface area contributed by atoms with E-state index in [9.17, 15) is 4.79 Å². The third-order valence-electron chi connectivity index (χ3n) is 2.41. The normalized spacial score (nSPS) is 13.0. The van der Waals surface area contributed by atoms with Crippen molar-refractivity contribution in [3.05, 3.63) is 60.2 Å². The van der Waals surface area contributed by atoms with E-state index in [-0.39, 0.29) is 6.10 Å². The number of benzene rings is 1. The minimum atomic E-state index is -0.550. The maximum Gasteiger partial charge on any atom is 0.267 e. The highest BCUT2D eigenvalue weighted by Gasteiger charge is 2.06. The lowest BCUT2D eigenvalue weighted by molar-refractivity contribution is -0.124. The van der Waals surface area contributed by atoms with Crippen molar-refractivity contribution in [2.45, 2.75) is 12.5 Å². The van der Waals surface area contributed by atoms with E-state index in [1.165, 1.54) is 11.6 Å². The number of methoxy groups -OCH3 is 1. The number of hydrogen-bond donors (Lipinski definition) is 2. The van der Waals surface area contributed by atoms with E-state index in [0.29, 0.717) is 6.42 Å². The van der Waals surface area contributed by atoms with Crippen molar-refractivity contribution in [2.24, 2.45) is 0 Å². The first-order valence-electron chi connectivity index (χ1n) is 5.63. The molecule has 0 radical (unpaired) electrons. The average molecular weight is 247 g/mol. The molecule has 0 aliphatic heterocycles. The van der Waals surface area contributed by atoms with Gasteiger partial charge in [-0.05, 0) is 12.0 Å². The van der Waals surface area contributed by atoms with Gasteiger partial charge in [0.2, 0.25) is 0 Å². The van der Waals surface area contributed by atoms with Crippen LogP contribution in [0.1, 0.15) is 18.1 Å². The second-order valence-electron chi connectivity index (χ2n) is 3.63. The van der Waals surface area contributed by atoms with E-state index in [1.807, 2.05) is 36.4 Å². The van der Waals surface area contributed by atoms with Gasteiger partial charge in [-0.3, -0.25) is 10.0 Å². The number of hydrogen-bond acceptors (Lipinski definition) is 3. The second kappa shape index (κ2) is 8.22. The Balaban J connectivity index is 2.48. The fraction of sp³-hybridized carbons (Fsp3) is 0.214. The molecule has 0 aromatic heterocycles. The Morgan fingerprint density at radius 1 is 1.39 bits per heavy atom. The number of carbonyl (C=O) groups is 1. The van der Waals surface area contributed by atoms with Gasteiger partial charge in [0.15, 0.2) is 0 Å². The van der Waals surface area contributed by atoms with Gasteiger partial charge in [-0.2, -0.15) is 0 Å². The minimum Gasteiger partial charge on any atom is -0.376 e. The average Bonchev–Trinajstić information content (AvgIpc) is 2.43. The lowest BCUT2D eigenvalue weighted by atomic mass is 10.1. The molecule has 96 valence electrons. The lowest BCUT2D eigenvalue weighted by Crippen LogP contribution is -2.14. The zero-order valence-corrected chi connectivity index (χ0v) is 10.2. The number of hydroxylamine groups is 1. The standard InChI is InChI=1S/C14H17NO3/c1-18-13(12-8-4-2-5-9-12)10-6-3-7-11-14(16)15-17/h2-9,11,13,17H,10H2,1H3,(H,15,16)/b6-3+,11-7+. The van der Waals surface area contributed by atoms with Crippen LogP contribution in [-0.2, 0) is 9.53 Å². The summed E-state index contributed by atoms with van der Waals surface area (Å²) >= 11 is 0. The van der Waals surface area contributed by atoms with Gasteiger partial charge in [0.05, 0.1) is 6.10 Å². The summed E-state index contributed by atoms with van der Waals surface area (Å²) in [5.41, 5.74) is 2.63. The fourth-order valence-corrected chi connectivity index (χ4v) is 1.50.